The Morgan fingerprint density at radius 1 is 1.30 bits per heavy atom. The van der Waals surface area contributed by atoms with E-state index in [-0.39, 0.29) is 25.5 Å². The molecule has 0 spiro atoms. The van der Waals surface area contributed by atoms with Crippen molar-refractivity contribution in [2.75, 3.05) is 13.2 Å². The Hall–Kier alpha value is -2.16. The highest BCUT2D eigenvalue weighted by Crippen LogP contribution is 2.26. The highest BCUT2D eigenvalue weighted by atomic mass is 35.5. The Kier molecular flexibility index (Phi) is 6.33. The van der Waals surface area contributed by atoms with E-state index < -0.39 is 0 Å². The van der Waals surface area contributed by atoms with Gasteiger partial charge in [-0.15, -0.1) is 0 Å². The maximum absolute atomic E-state index is 12.3. The van der Waals surface area contributed by atoms with E-state index >= 15 is 0 Å². The third-order valence-electron chi connectivity index (χ3n) is 3.03. The number of benzene rings is 1. The molecule has 5 nitrogen and oxygen atoms in total. The third-order valence-corrected chi connectivity index (χ3v) is 3.77. The molecule has 0 bridgehead atoms. The lowest BCUT2D eigenvalue weighted by Gasteiger charge is -2.20. The smallest absolute Gasteiger partial charge is 0.260 e. The van der Waals surface area contributed by atoms with Gasteiger partial charge in [0.2, 0.25) is 0 Å². The van der Waals surface area contributed by atoms with E-state index in [2.05, 4.69) is 0 Å². The van der Waals surface area contributed by atoms with Crippen molar-refractivity contribution in [2.24, 2.45) is 0 Å². The fraction of sp³-hybridized carbons (Fsp3) is 0.250. The molecule has 7 heteroatoms. The summed E-state index contributed by atoms with van der Waals surface area (Å²) in [6.07, 6.45) is 1.77. The molecule has 1 aromatic heterocycles. The monoisotopic (exact) mass is 352 g/mol. The quantitative estimate of drug-likeness (QED) is 0.757. The van der Waals surface area contributed by atoms with E-state index in [1.165, 1.54) is 11.2 Å². The molecule has 23 heavy (non-hydrogen) atoms. The van der Waals surface area contributed by atoms with Gasteiger partial charge >= 0.3 is 0 Å². The van der Waals surface area contributed by atoms with Crippen molar-refractivity contribution in [3.05, 3.63) is 52.4 Å². The first kappa shape index (κ1) is 17.2. The van der Waals surface area contributed by atoms with Gasteiger partial charge in [0.15, 0.2) is 6.61 Å². The number of halogens is 2. The highest BCUT2D eigenvalue weighted by Gasteiger charge is 2.16. The molecule has 2 rings (SSSR count). The summed E-state index contributed by atoms with van der Waals surface area (Å²) in [7, 11) is 0. The van der Waals surface area contributed by atoms with Gasteiger partial charge in [0.25, 0.3) is 5.91 Å². The van der Waals surface area contributed by atoms with Crippen LogP contribution in [0.3, 0.4) is 0 Å². The summed E-state index contributed by atoms with van der Waals surface area (Å²) in [5.74, 6) is 0.847. The summed E-state index contributed by atoms with van der Waals surface area (Å²) in [6, 6.07) is 10.3. The number of ether oxygens (including phenoxy) is 1. The topological polar surface area (TPSA) is 66.5 Å². The lowest BCUT2D eigenvalue weighted by Crippen LogP contribution is -2.35. The molecule has 0 aliphatic rings. The molecule has 0 aliphatic heterocycles. The van der Waals surface area contributed by atoms with Crippen LogP contribution in [0.1, 0.15) is 12.2 Å². The van der Waals surface area contributed by atoms with Crippen LogP contribution in [0.15, 0.2) is 41.0 Å². The van der Waals surface area contributed by atoms with Gasteiger partial charge < -0.3 is 14.1 Å². The van der Waals surface area contributed by atoms with Crippen molar-refractivity contribution in [2.45, 2.75) is 13.0 Å². The fourth-order valence-corrected chi connectivity index (χ4v) is 2.16. The lowest BCUT2D eigenvalue weighted by atomic mass is 10.3. The predicted octanol–water partition coefficient (Wildman–Crippen LogP) is 3.91. The highest BCUT2D eigenvalue weighted by molar-refractivity contribution is 6.42. The van der Waals surface area contributed by atoms with Gasteiger partial charge in [-0.1, -0.05) is 23.2 Å². The van der Waals surface area contributed by atoms with Gasteiger partial charge in [0.1, 0.15) is 11.5 Å². The largest absolute Gasteiger partial charge is 0.484 e. The van der Waals surface area contributed by atoms with Crippen LogP contribution in [-0.2, 0) is 11.3 Å². The molecule has 0 saturated carbocycles. The van der Waals surface area contributed by atoms with E-state index in [4.69, 9.17) is 37.6 Å². The fourth-order valence-electron chi connectivity index (χ4n) is 1.87. The number of furan rings is 1. The minimum Gasteiger partial charge on any atom is -0.484 e. The molecule has 0 radical (unpaired) electrons. The van der Waals surface area contributed by atoms with Gasteiger partial charge in [-0.25, -0.2) is 0 Å². The SMILES string of the molecule is N#CCCN(Cc1ccco1)C(=O)COc1ccc(Cl)c(Cl)c1. The van der Waals surface area contributed by atoms with E-state index in [1.807, 2.05) is 6.07 Å². The summed E-state index contributed by atoms with van der Waals surface area (Å²) in [4.78, 5) is 13.8. The van der Waals surface area contributed by atoms with Gasteiger partial charge in [-0.05, 0) is 24.3 Å². The summed E-state index contributed by atoms with van der Waals surface area (Å²) in [5, 5.41) is 9.49. The van der Waals surface area contributed by atoms with Crippen LogP contribution >= 0.6 is 23.2 Å². The van der Waals surface area contributed by atoms with Gasteiger partial charge in [0.05, 0.1) is 35.3 Å². The molecule has 0 aliphatic carbocycles. The summed E-state index contributed by atoms with van der Waals surface area (Å²) >= 11 is 11.7. The van der Waals surface area contributed by atoms with Crippen molar-refractivity contribution in [3.8, 4) is 11.8 Å². The molecule has 0 atom stereocenters. The number of hydrogen-bond acceptors (Lipinski definition) is 4. The zero-order valence-corrected chi connectivity index (χ0v) is 13.7. The standard InChI is InChI=1S/C16H14Cl2N2O3/c17-14-5-4-12(9-15(14)18)23-11-16(21)20(7-2-6-19)10-13-3-1-8-22-13/h1,3-5,8-9H,2,7,10-11H2. The van der Waals surface area contributed by atoms with E-state index in [0.29, 0.717) is 28.1 Å². The Balaban J connectivity index is 1.96. The average molecular weight is 353 g/mol. The molecule has 1 aromatic carbocycles. The molecule has 120 valence electrons. The van der Waals surface area contributed by atoms with Crippen LogP contribution in [0.4, 0.5) is 0 Å². The second kappa shape index (κ2) is 8.47. The number of nitrogens with zero attached hydrogens (tertiary/aromatic N) is 2. The minimum absolute atomic E-state index is 0.163. The first-order valence-electron chi connectivity index (χ1n) is 6.85. The van der Waals surface area contributed by atoms with Gasteiger partial charge in [0, 0.05) is 12.6 Å². The third kappa shape index (κ3) is 5.20. The maximum atomic E-state index is 12.3. The molecule has 0 fully saturated rings. The Morgan fingerprint density at radius 3 is 2.78 bits per heavy atom. The molecular weight excluding hydrogens is 339 g/mol. The van der Waals surface area contributed by atoms with Gasteiger partial charge in [-0.3, -0.25) is 4.79 Å². The Labute approximate surface area is 144 Å². The number of carbonyl (C=O) groups excluding carboxylic acids is 1. The van der Waals surface area contributed by atoms with E-state index in [9.17, 15) is 4.79 Å². The molecule has 1 heterocycles. The Morgan fingerprint density at radius 2 is 2.13 bits per heavy atom. The molecule has 2 aromatic rings. The van der Waals surface area contributed by atoms with Crippen LogP contribution in [0, 0.1) is 11.3 Å². The van der Waals surface area contributed by atoms with Gasteiger partial charge in [-0.2, -0.15) is 5.26 Å². The summed E-state index contributed by atoms with van der Waals surface area (Å²) < 4.78 is 10.7. The van der Waals surface area contributed by atoms with Crippen molar-refractivity contribution in [3.63, 3.8) is 0 Å². The second-order valence-corrected chi connectivity index (χ2v) is 5.48. The number of carbonyl (C=O) groups is 1. The molecule has 1 amide bonds. The second-order valence-electron chi connectivity index (χ2n) is 4.67. The number of amides is 1. The summed E-state index contributed by atoms with van der Waals surface area (Å²) in [6.45, 7) is 0.434. The van der Waals surface area contributed by atoms with E-state index in [1.54, 1.807) is 30.3 Å². The molecule has 0 N–H and O–H groups in total. The maximum Gasteiger partial charge on any atom is 0.260 e. The zero-order chi connectivity index (χ0) is 16.7. The van der Waals surface area contributed by atoms with Crippen LogP contribution in [0.25, 0.3) is 0 Å². The van der Waals surface area contributed by atoms with Crippen LogP contribution in [0.2, 0.25) is 10.0 Å². The average Bonchev–Trinajstić information content (AvgIpc) is 3.05. The predicted molar refractivity (Wildman–Crippen MR) is 86.3 cm³/mol. The van der Waals surface area contributed by atoms with Crippen LogP contribution in [-0.4, -0.2) is 24.0 Å². The first-order chi connectivity index (χ1) is 11.1. The lowest BCUT2D eigenvalue weighted by molar-refractivity contribution is -0.134. The molecule has 0 saturated heterocycles. The number of rotatable bonds is 7. The van der Waals surface area contributed by atoms with Crippen molar-refractivity contribution in [1.29, 1.82) is 5.26 Å². The Bertz CT molecular complexity index is 696. The van der Waals surface area contributed by atoms with Crippen LogP contribution < -0.4 is 4.74 Å². The van der Waals surface area contributed by atoms with Crippen LogP contribution in [0.5, 0.6) is 5.75 Å². The normalized spacial score (nSPS) is 10.1. The number of hydrogen-bond donors (Lipinski definition) is 0. The summed E-state index contributed by atoms with van der Waals surface area (Å²) in [5.41, 5.74) is 0. The number of nitriles is 1. The molecule has 0 unspecified atom stereocenters. The minimum atomic E-state index is -0.247. The zero-order valence-electron chi connectivity index (χ0n) is 12.2. The first-order valence-corrected chi connectivity index (χ1v) is 7.60. The molecular formula is C16H14Cl2N2O3. The van der Waals surface area contributed by atoms with Crippen molar-refractivity contribution >= 4 is 29.1 Å². The van der Waals surface area contributed by atoms with E-state index in [0.717, 1.165) is 0 Å². The van der Waals surface area contributed by atoms with Crippen molar-refractivity contribution in [1.82, 2.24) is 4.90 Å². The van der Waals surface area contributed by atoms with Crippen molar-refractivity contribution < 1.29 is 13.9 Å².